The second-order valence-corrected chi connectivity index (χ2v) is 3.24. The number of esters is 1. The van der Waals surface area contributed by atoms with E-state index in [2.05, 4.69) is 22.7 Å². The topological polar surface area (TPSA) is 35.5 Å². The molecule has 0 spiro atoms. The van der Waals surface area contributed by atoms with Gasteiger partial charge in [-0.1, -0.05) is 13.8 Å². The Balaban J connectivity index is -0.000000135. The summed E-state index contributed by atoms with van der Waals surface area (Å²) in [5.41, 5.74) is 0. The van der Waals surface area contributed by atoms with Crippen molar-refractivity contribution in [2.24, 2.45) is 0 Å². The first-order valence-corrected chi connectivity index (χ1v) is 6.08. The molecule has 4 heteroatoms. The summed E-state index contributed by atoms with van der Waals surface area (Å²) < 4.78 is 8.80. The molecule has 0 aliphatic heterocycles. The van der Waals surface area contributed by atoms with Crippen LogP contribution in [0.15, 0.2) is 0 Å². The second-order valence-electron chi connectivity index (χ2n) is 2.08. The molecule has 0 saturated heterocycles. The predicted octanol–water partition coefficient (Wildman–Crippen LogP) is 2.59. The van der Waals surface area contributed by atoms with E-state index in [9.17, 15) is 4.79 Å². The summed E-state index contributed by atoms with van der Waals surface area (Å²) in [5.74, 6) is 1.08. The van der Waals surface area contributed by atoms with Crippen LogP contribution in [0.4, 0.5) is 0 Å². The molecule has 14 heavy (non-hydrogen) atoms. The van der Waals surface area contributed by atoms with Crippen molar-refractivity contribution in [2.75, 3.05) is 32.8 Å². The molecule has 0 unspecified atom stereocenters. The van der Waals surface area contributed by atoms with E-state index >= 15 is 0 Å². The lowest BCUT2D eigenvalue weighted by molar-refractivity contribution is -0.140. The molecule has 3 nitrogen and oxygen atoms in total. The molecule has 88 valence electrons. The van der Waals surface area contributed by atoms with Crippen molar-refractivity contribution in [3.8, 4) is 0 Å². The smallest absolute Gasteiger partial charge is 0.305 e. The first-order valence-electron chi connectivity index (χ1n) is 4.69. The molecule has 0 aliphatic carbocycles. The maximum atomic E-state index is 9.96. The van der Waals surface area contributed by atoms with E-state index in [1.807, 2.05) is 18.7 Å². The van der Waals surface area contributed by atoms with Gasteiger partial charge in [-0.05, 0) is 18.9 Å². The Labute approximate surface area is 92.5 Å². The lowest BCUT2D eigenvalue weighted by atomic mass is 10.5. The molecular formula is C10H24O3S. The predicted molar refractivity (Wildman–Crippen MR) is 63.9 cm³/mol. The van der Waals surface area contributed by atoms with Gasteiger partial charge in [0, 0.05) is 20.1 Å². The number of carbonyl (C=O) groups is 1. The summed E-state index contributed by atoms with van der Waals surface area (Å²) in [6, 6.07) is 0. The first kappa shape index (κ1) is 19.4. The third-order valence-electron chi connectivity index (χ3n) is 1.09. The van der Waals surface area contributed by atoms with Gasteiger partial charge in [0.1, 0.15) is 0 Å². The molecule has 0 saturated carbocycles. The van der Waals surface area contributed by atoms with Crippen LogP contribution < -0.4 is 0 Å². The summed E-state index contributed by atoms with van der Waals surface area (Å²) >= 11 is 1.86. The molecule has 0 heterocycles. The third-order valence-corrected chi connectivity index (χ3v) is 1.67. The molecular weight excluding hydrogens is 200 g/mol. The van der Waals surface area contributed by atoms with Gasteiger partial charge in [0.15, 0.2) is 0 Å². The maximum Gasteiger partial charge on any atom is 0.305 e. The van der Waals surface area contributed by atoms with Gasteiger partial charge in [-0.25, -0.2) is 0 Å². The minimum Gasteiger partial charge on any atom is -0.469 e. The van der Waals surface area contributed by atoms with Crippen molar-refractivity contribution in [3.05, 3.63) is 0 Å². The van der Waals surface area contributed by atoms with Crippen molar-refractivity contribution in [2.45, 2.75) is 27.2 Å². The van der Waals surface area contributed by atoms with Crippen molar-refractivity contribution in [1.82, 2.24) is 0 Å². The molecule has 0 fully saturated rings. The van der Waals surface area contributed by atoms with E-state index < -0.39 is 0 Å². The first-order chi connectivity index (χ1) is 6.64. The van der Waals surface area contributed by atoms with Crippen LogP contribution in [-0.2, 0) is 14.3 Å². The monoisotopic (exact) mass is 224 g/mol. The Bertz CT molecular complexity index is 83.4. The zero-order chi connectivity index (χ0) is 11.8. The van der Waals surface area contributed by atoms with Crippen LogP contribution in [0.3, 0.4) is 0 Å². The summed E-state index contributed by atoms with van der Waals surface area (Å²) in [7, 11) is 3.06. The van der Waals surface area contributed by atoms with Crippen LogP contribution in [-0.4, -0.2) is 38.8 Å². The van der Waals surface area contributed by atoms with E-state index in [-0.39, 0.29) is 5.97 Å². The lowest BCUT2D eigenvalue weighted by Crippen LogP contribution is -1.94. The van der Waals surface area contributed by atoms with E-state index in [1.165, 1.54) is 12.9 Å². The van der Waals surface area contributed by atoms with Gasteiger partial charge in [0.05, 0.1) is 7.11 Å². The van der Waals surface area contributed by atoms with Gasteiger partial charge in [-0.15, -0.1) is 0 Å². The van der Waals surface area contributed by atoms with Gasteiger partial charge in [0.25, 0.3) is 0 Å². The SMILES string of the molecule is CCC(=O)OC.CCOC.CCSC. The average Bonchev–Trinajstić information content (AvgIpc) is 2.28. The number of hydrogen-bond acceptors (Lipinski definition) is 4. The lowest BCUT2D eigenvalue weighted by Gasteiger charge is -1.87. The fourth-order valence-electron chi connectivity index (χ4n) is 0.144. The molecule has 0 aromatic heterocycles. The Morgan fingerprint density at radius 1 is 1.21 bits per heavy atom. The summed E-state index contributed by atoms with van der Waals surface area (Å²) in [4.78, 5) is 9.96. The van der Waals surface area contributed by atoms with E-state index in [4.69, 9.17) is 0 Å². The standard InChI is InChI=1S/C4H8O2.C3H8O.C3H8S/c1-3-4(5)6-2;2*1-3-4-2/h3H2,1-2H3;2*3H2,1-2H3. The van der Waals surface area contributed by atoms with Crippen LogP contribution in [0.25, 0.3) is 0 Å². The van der Waals surface area contributed by atoms with E-state index in [1.54, 1.807) is 14.0 Å². The van der Waals surface area contributed by atoms with Crippen molar-refractivity contribution in [1.29, 1.82) is 0 Å². The van der Waals surface area contributed by atoms with Crippen LogP contribution in [0.1, 0.15) is 27.2 Å². The van der Waals surface area contributed by atoms with Crippen LogP contribution in [0.5, 0.6) is 0 Å². The van der Waals surface area contributed by atoms with Gasteiger partial charge in [-0.2, -0.15) is 11.8 Å². The molecule has 0 aromatic rings. The van der Waals surface area contributed by atoms with Gasteiger partial charge >= 0.3 is 5.97 Å². The fourth-order valence-corrected chi connectivity index (χ4v) is 0.144. The number of rotatable bonds is 3. The van der Waals surface area contributed by atoms with Gasteiger partial charge in [-0.3, -0.25) is 4.79 Å². The van der Waals surface area contributed by atoms with Crippen LogP contribution >= 0.6 is 11.8 Å². The summed E-state index contributed by atoms with van der Waals surface area (Å²) in [5, 5.41) is 0. The fraction of sp³-hybridized carbons (Fsp3) is 0.900. The van der Waals surface area contributed by atoms with Gasteiger partial charge < -0.3 is 9.47 Å². The highest BCUT2D eigenvalue weighted by Gasteiger charge is 1.87. The minimum absolute atomic E-state index is 0.157. The molecule has 0 rings (SSSR count). The summed E-state index contributed by atoms with van der Waals surface area (Å²) in [6.07, 6.45) is 2.57. The quantitative estimate of drug-likeness (QED) is 0.690. The maximum absolute atomic E-state index is 9.96. The number of thioether (sulfide) groups is 1. The Kier molecular flexibility index (Phi) is 31.8. The molecule has 0 aliphatic rings. The van der Waals surface area contributed by atoms with Crippen LogP contribution in [0.2, 0.25) is 0 Å². The zero-order valence-electron chi connectivity index (χ0n) is 10.3. The highest BCUT2D eigenvalue weighted by atomic mass is 32.2. The largest absolute Gasteiger partial charge is 0.469 e. The minimum atomic E-state index is -0.157. The van der Waals surface area contributed by atoms with Crippen molar-refractivity contribution in [3.63, 3.8) is 0 Å². The Morgan fingerprint density at radius 3 is 1.57 bits per heavy atom. The van der Waals surface area contributed by atoms with E-state index in [0.717, 1.165) is 6.61 Å². The summed E-state index contributed by atoms with van der Waals surface area (Å²) in [6.45, 7) is 6.68. The molecule has 0 amide bonds. The van der Waals surface area contributed by atoms with Gasteiger partial charge in [0.2, 0.25) is 0 Å². The van der Waals surface area contributed by atoms with Crippen molar-refractivity contribution < 1.29 is 14.3 Å². The number of ether oxygens (including phenoxy) is 2. The van der Waals surface area contributed by atoms with Crippen molar-refractivity contribution >= 4 is 17.7 Å². The molecule has 0 atom stereocenters. The van der Waals surface area contributed by atoms with E-state index in [0.29, 0.717) is 6.42 Å². The Hall–Kier alpha value is -0.220. The highest BCUT2D eigenvalue weighted by Crippen LogP contribution is 1.83. The number of methoxy groups -OCH3 is 2. The molecule has 0 radical (unpaired) electrons. The normalized spacial score (nSPS) is 7.57. The molecule has 0 N–H and O–H groups in total. The second kappa shape index (κ2) is 23.0. The molecule has 0 bridgehead atoms. The number of carbonyl (C=O) groups excluding carboxylic acids is 1. The number of hydrogen-bond donors (Lipinski definition) is 0. The van der Waals surface area contributed by atoms with Crippen LogP contribution in [0, 0.1) is 0 Å². The Morgan fingerprint density at radius 2 is 1.57 bits per heavy atom. The zero-order valence-corrected chi connectivity index (χ0v) is 11.1. The highest BCUT2D eigenvalue weighted by molar-refractivity contribution is 7.98. The average molecular weight is 224 g/mol. The molecule has 0 aromatic carbocycles. The third kappa shape index (κ3) is 41.0.